The van der Waals surface area contributed by atoms with E-state index in [1.807, 2.05) is 0 Å². The number of rotatable bonds is 4. The number of hydrogen-bond donors (Lipinski definition) is 0. The lowest BCUT2D eigenvalue weighted by molar-refractivity contribution is -0.148. The molecule has 0 saturated carbocycles. The highest BCUT2D eigenvalue weighted by Gasteiger charge is 2.30. The molecule has 1 saturated heterocycles. The maximum absolute atomic E-state index is 12.7. The molecule has 0 N–H and O–H groups in total. The van der Waals surface area contributed by atoms with Crippen LogP contribution in [0.2, 0.25) is 0 Å². The summed E-state index contributed by atoms with van der Waals surface area (Å²) in [6, 6.07) is 4.80. The molecule has 1 aromatic carbocycles. The molecule has 0 atom stereocenters. The molecule has 0 bridgehead atoms. The number of nitrogens with zero attached hydrogens (tertiary/aromatic N) is 2. The van der Waals surface area contributed by atoms with Crippen LogP contribution in [0.5, 0.6) is 0 Å². The fraction of sp³-hybridized carbons (Fsp3) is 0.421. The summed E-state index contributed by atoms with van der Waals surface area (Å²) >= 11 is 1.29. The number of esters is 1. The van der Waals surface area contributed by atoms with Crippen LogP contribution in [0.1, 0.15) is 24.1 Å². The molecule has 1 amide bonds. The average Bonchev–Trinajstić information content (AvgIpc) is 3.15. The molecular weight excluding hydrogens is 393 g/mol. The first-order valence-electron chi connectivity index (χ1n) is 8.75. The summed E-state index contributed by atoms with van der Waals surface area (Å²) < 4.78 is 42.7. The fourth-order valence-corrected chi connectivity index (χ4v) is 3.95. The zero-order chi connectivity index (χ0) is 20.3. The summed E-state index contributed by atoms with van der Waals surface area (Å²) in [7, 11) is 1.36. The van der Waals surface area contributed by atoms with Gasteiger partial charge in [-0.3, -0.25) is 9.59 Å². The summed E-state index contributed by atoms with van der Waals surface area (Å²) in [5.41, 5.74) is 0.453. The molecule has 9 heteroatoms. The quantitative estimate of drug-likeness (QED) is 0.717. The van der Waals surface area contributed by atoms with Crippen molar-refractivity contribution >= 4 is 23.2 Å². The number of alkyl halides is 3. The predicted octanol–water partition coefficient (Wildman–Crippen LogP) is 3.78. The molecule has 0 radical (unpaired) electrons. The Morgan fingerprint density at radius 1 is 1.21 bits per heavy atom. The molecule has 1 fully saturated rings. The van der Waals surface area contributed by atoms with Gasteiger partial charge in [0.15, 0.2) is 0 Å². The van der Waals surface area contributed by atoms with E-state index >= 15 is 0 Å². The van der Waals surface area contributed by atoms with Gasteiger partial charge in [0.1, 0.15) is 5.01 Å². The lowest BCUT2D eigenvalue weighted by Gasteiger charge is -2.30. The maximum atomic E-state index is 12.7. The van der Waals surface area contributed by atoms with Crippen molar-refractivity contribution < 1.29 is 27.5 Å². The number of piperidine rings is 1. The van der Waals surface area contributed by atoms with E-state index in [-0.39, 0.29) is 24.2 Å². The Morgan fingerprint density at radius 2 is 1.86 bits per heavy atom. The van der Waals surface area contributed by atoms with E-state index in [1.165, 1.54) is 30.6 Å². The Labute approximate surface area is 164 Å². The number of carbonyl (C=O) groups excluding carboxylic acids is 2. The van der Waals surface area contributed by atoms with Crippen molar-refractivity contribution in [2.24, 2.45) is 5.92 Å². The highest BCUT2D eigenvalue weighted by atomic mass is 32.1. The Morgan fingerprint density at radius 3 is 2.43 bits per heavy atom. The van der Waals surface area contributed by atoms with E-state index < -0.39 is 11.7 Å². The molecule has 1 aliphatic rings. The Kier molecular flexibility index (Phi) is 6.02. The number of aromatic nitrogens is 1. The molecule has 5 nitrogen and oxygen atoms in total. The molecule has 2 aromatic rings. The topological polar surface area (TPSA) is 59.5 Å². The zero-order valence-electron chi connectivity index (χ0n) is 15.2. The second-order valence-corrected chi connectivity index (χ2v) is 7.43. The lowest BCUT2D eigenvalue weighted by atomic mass is 9.97. The van der Waals surface area contributed by atoms with Gasteiger partial charge in [0.2, 0.25) is 5.91 Å². The van der Waals surface area contributed by atoms with E-state index in [2.05, 4.69) is 4.98 Å². The molecule has 0 unspecified atom stereocenters. The van der Waals surface area contributed by atoms with E-state index in [0.29, 0.717) is 42.2 Å². The standard InChI is InChI=1S/C19H19F3N2O3S/c1-27-18(26)13-6-8-24(9-7-13)16(25)10-15-11-28-17(23-15)12-2-4-14(5-3-12)19(20,21)22/h2-5,11,13H,6-10H2,1H3. The third-order valence-electron chi connectivity index (χ3n) is 4.73. The van der Waals surface area contributed by atoms with Gasteiger partial charge < -0.3 is 9.64 Å². The van der Waals surface area contributed by atoms with Gasteiger partial charge in [-0.2, -0.15) is 13.2 Å². The van der Waals surface area contributed by atoms with Gasteiger partial charge >= 0.3 is 12.1 Å². The SMILES string of the molecule is COC(=O)C1CCN(C(=O)Cc2csc(-c3ccc(C(F)(F)F)cc3)n2)CC1. The van der Waals surface area contributed by atoms with Crippen LogP contribution in [0.25, 0.3) is 10.6 Å². The molecule has 28 heavy (non-hydrogen) atoms. The average molecular weight is 412 g/mol. The van der Waals surface area contributed by atoms with Crippen LogP contribution >= 0.6 is 11.3 Å². The van der Waals surface area contributed by atoms with Gasteiger partial charge in [-0.05, 0) is 25.0 Å². The van der Waals surface area contributed by atoms with E-state index in [0.717, 1.165) is 12.1 Å². The number of ether oxygens (including phenoxy) is 1. The van der Waals surface area contributed by atoms with Gasteiger partial charge in [0, 0.05) is 24.0 Å². The summed E-state index contributed by atoms with van der Waals surface area (Å²) in [4.78, 5) is 30.1. The first-order chi connectivity index (χ1) is 13.3. The largest absolute Gasteiger partial charge is 0.469 e. The number of amides is 1. The molecule has 0 spiro atoms. The second kappa shape index (κ2) is 8.30. The maximum Gasteiger partial charge on any atom is 0.416 e. The number of halogens is 3. The van der Waals surface area contributed by atoms with Crippen LogP contribution in [0, 0.1) is 5.92 Å². The normalized spacial score (nSPS) is 15.5. The number of carbonyl (C=O) groups is 2. The van der Waals surface area contributed by atoms with Crippen molar-refractivity contribution in [3.05, 3.63) is 40.9 Å². The van der Waals surface area contributed by atoms with Crippen LogP contribution in [0.4, 0.5) is 13.2 Å². The second-order valence-electron chi connectivity index (χ2n) is 6.57. The van der Waals surface area contributed by atoms with Crippen LogP contribution in [0.3, 0.4) is 0 Å². The Balaban J connectivity index is 1.59. The van der Waals surface area contributed by atoms with E-state index in [9.17, 15) is 22.8 Å². The van der Waals surface area contributed by atoms with Crippen molar-refractivity contribution in [2.75, 3.05) is 20.2 Å². The Bertz CT molecular complexity index is 841. The van der Waals surface area contributed by atoms with Gasteiger partial charge in [0.05, 0.1) is 30.7 Å². The molecular formula is C19H19F3N2O3S. The minimum Gasteiger partial charge on any atom is -0.469 e. The third-order valence-corrected chi connectivity index (χ3v) is 5.67. The van der Waals surface area contributed by atoms with Crippen molar-refractivity contribution in [3.63, 3.8) is 0 Å². The minimum atomic E-state index is -4.37. The zero-order valence-corrected chi connectivity index (χ0v) is 16.0. The summed E-state index contributed by atoms with van der Waals surface area (Å²) in [6.07, 6.45) is -3.10. The minimum absolute atomic E-state index is 0.0763. The number of benzene rings is 1. The number of methoxy groups -OCH3 is 1. The van der Waals surface area contributed by atoms with E-state index in [1.54, 1.807) is 10.3 Å². The molecule has 3 rings (SSSR count). The Hall–Kier alpha value is -2.42. The molecule has 2 heterocycles. The van der Waals surface area contributed by atoms with Crippen molar-refractivity contribution in [3.8, 4) is 10.6 Å². The van der Waals surface area contributed by atoms with Gasteiger partial charge in [0.25, 0.3) is 0 Å². The van der Waals surface area contributed by atoms with Crippen molar-refractivity contribution in [1.82, 2.24) is 9.88 Å². The predicted molar refractivity (Wildman–Crippen MR) is 97.6 cm³/mol. The van der Waals surface area contributed by atoms with Crippen LogP contribution in [0.15, 0.2) is 29.6 Å². The number of hydrogen-bond acceptors (Lipinski definition) is 5. The smallest absolute Gasteiger partial charge is 0.416 e. The summed E-state index contributed by atoms with van der Waals surface area (Å²) in [5, 5.41) is 2.31. The highest BCUT2D eigenvalue weighted by molar-refractivity contribution is 7.13. The number of likely N-dealkylation sites (tertiary alicyclic amines) is 1. The first-order valence-corrected chi connectivity index (χ1v) is 9.63. The van der Waals surface area contributed by atoms with Crippen molar-refractivity contribution in [1.29, 1.82) is 0 Å². The van der Waals surface area contributed by atoms with Crippen LogP contribution < -0.4 is 0 Å². The van der Waals surface area contributed by atoms with Gasteiger partial charge in [-0.1, -0.05) is 12.1 Å². The van der Waals surface area contributed by atoms with Crippen LogP contribution in [-0.4, -0.2) is 42.0 Å². The van der Waals surface area contributed by atoms with Crippen molar-refractivity contribution in [2.45, 2.75) is 25.4 Å². The van der Waals surface area contributed by atoms with E-state index in [4.69, 9.17) is 4.74 Å². The molecule has 1 aromatic heterocycles. The lowest BCUT2D eigenvalue weighted by Crippen LogP contribution is -2.41. The summed E-state index contributed by atoms with van der Waals surface area (Å²) in [6.45, 7) is 0.989. The fourth-order valence-electron chi connectivity index (χ4n) is 3.12. The van der Waals surface area contributed by atoms with Gasteiger partial charge in [-0.25, -0.2) is 4.98 Å². The molecule has 1 aliphatic heterocycles. The molecule has 150 valence electrons. The number of thiazole rings is 1. The third kappa shape index (κ3) is 4.70. The summed E-state index contributed by atoms with van der Waals surface area (Å²) in [5.74, 6) is -0.486. The highest BCUT2D eigenvalue weighted by Crippen LogP contribution is 2.32. The van der Waals surface area contributed by atoms with Gasteiger partial charge in [-0.15, -0.1) is 11.3 Å². The van der Waals surface area contributed by atoms with Crippen LogP contribution in [-0.2, 0) is 26.9 Å². The first kappa shape index (κ1) is 20.3. The molecule has 0 aliphatic carbocycles. The monoisotopic (exact) mass is 412 g/mol.